The van der Waals surface area contributed by atoms with Gasteiger partial charge < -0.3 is 5.32 Å². The fourth-order valence-electron chi connectivity index (χ4n) is 3.77. The summed E-state index contributed by atoms with van der Waals surface area (Å²) in [5, 5.41) is 3.52. The largest absolute Gasteiger partial charge is 0.346 e. The molecule has 0 unspecified atom stereocenters. The van der Waals surface area contributed by atoms with Gasteiger partial charge in [-0.05, 0) is 85.8 Å². The van der Waals surface area contributed by atoms with Crippen LogP contribution in [0.5, 0.6) is 0 Å². The minimum Gasteiger partial charge on any atom is -0.346 e. The molecule has 1 atom stereocenters. The molecule has 0 aliphatic heterocycles. The van der Waals surface area contributed by atoms with Gasteiger partial charge in [0.05, 0.1) is 24.5 Å². The monoisotopic (exact) mass is 484 g/mol. The summed E-state index contributed by atoms with van der Waals surface area (Å²) >= 11 is 6.04. The summed E-state index contributed by atoms with van der Waals surface area (Å²) in [6, 6.07) is 17.8. The Hall–Kier alpha value is -2.83. The van der Waals surface area contributed by atoms with E-state index in [9.17, 15) is 13.2 Å². The van der Waals surface area contributed by atoms with Crippen molar-refractivity contribution in [2.24, 2.45) is 0 Å². The molecule has 1 N–H and O–H groups in total. The molecule has 0 aliphatic rings. The van der Waals surface area contributed by atoms with Crippen molar-refractivity contribution in [3.8, 4) is 0 Å². The maximum atomic E-state index is 12.8. The first-order chi connectivity index (χ1) is 15.5. The number of hydrogen-bond donors (Lipinski definition) is 1. The first kappa shape index (κ1) is 24.8. The van der Waals surface area contributed by atoms with E-state index in [2.05, 4.69) is 31.3 Å². The third kappa shape index (κ3) is 6.15. The van der Waals surface area contributed by atoms with Gasteiger partial charge in [-0.25, -0.2) is 8.42 Å². The minimum absolute atomic E-state index is 0.138. The molecule has 0 aromatic heterocycles. The van der Waals surface area contributed by atoms with Crippen LogP contribution in [0, 0.1) is 20.8 Å². The molecular formula is C26H29ClN2O3S. The molecule has 0 saturated heterocycles. The smallest absolute Gasteiger partial charge is 0.251 e. The van der Waals surface area contributed by atoms with Crippen LogP contribution in [0.25, 0.3) is 0 Å². The average molecular weight is 485 g/mol. The van der Waals surface area contributed by atoms with Crippen LogP contribution in [0.2, 0.25) is 5.02 Å². The number of halogens is 1. The summed E-state index contributed by atoms with van der Waals surface area (Å²) in [4.78, 5) is 12.8. The highest BCUT2D eigenvalue weighted by Gasteiger charge is 2.19. The minimum atomic E-state index is -3.52. The third-order valence-electron chi connectivity index (χ3n) is 5.74. The molecular weight excluding hydrogens is 456 g/mol. The van der Waals surface area contributed by atoms with Crippen LogP contribution in [0.1, 0.15) is 51.1 Å². The summed E-state index contributed by atoms with van der Waals surface area (Å²) in [6.45, 7) is 8.30. The lowest BCUT2D eigenvalue weighted by molar-refractivity contribution is 0.0940. The van der Waals surface area contributed by atoms with Crippen LogP contribution in [-0.4, -0.2) is 20.6 Å². The Balaban J connectivity index is 1.75. The second-order valence-electron chi connectivity index (χ2n) is 8.43. The van der Waals surface area contributed by atoms with E-state index in [4.69, 9.17) is 11.6 Å². The maximum absolute atomic E-state index is 12.8. The Morgan fingerprint density at radius 2 is 1.61 bits per heavy atom. The SMILES string of the molecule is Cc1cc(C)c([C@@H](C)NC(=O)c2ccc(CN(c3cccc(Cl)c3)S(C)(=O)=O)cc2)cc1C. The molecule has 3 aromatic rings. The quantitative estimate of drug-likeness (QED) is 0.466. The van der Waals surface area contributed by atoms with Crippen molar-refractivity contribution in [3.63, 3.8) is 0 Å². The highest BCUT2D eigenvalue weighted by molar-refractivity contribution is 7.92. The number of carbonyl (C=O) groups is 1. The second kappa shape index (κ2) is 9.98. The number of anilines is 1. The Morgan fingerprint density at radius 1 is 0.970 bits per heavy atom. The summed E-state index contributed by atoms with van der Waals surface area (Å²) in [5.74, 6) is -0.179. The molecule has 33 heavy (non-hydrogen) atoms. The lowest BCUT2D eigenvalue weighted by Crippen LogP contribution is -2.29. The number of carbonyl (C=O) groups excluding carboxylic acids is 1. The van der Waals surface area contributed by atoms with Crippen LogP contribution in [0.15, 0.2) is 60.7 Å². The number of nitrogens with zero attached hydrogens (tertiary/aromatic N) is 1. The van der Waals surface area contributed by atoms with Crippen molar-refractivity contribution in [1.29, 1.82) is 0 Å². The Morgan fingerprint density at radius 3 is 2.21 bits per heavy atom. The first-order valence-corrected chi connectivity index (χ1v) is 12.9. The van der Waals surface area contributed by atoms with Crippen molar-refractivity contribution in [3.05, 3.63) is 99.1 Å². The van der Waals surface area contributed by atoms with Crippen molar-refractivity contribution < 1.29 is 13.2 Å². The van der Waals surface area contributed by atoms with Gasteiger partial charge in [0.1, 0.15) is 0 Å². The highest BCUT2D eigenvalue weighted by atomic mass is 35.5. The Labute approximate surface area is 201 Å². The average Bonchev–Trinajstić information content (AvgIpc) is 2.74. The molecule has 0 spiro atoms. The molecule has 0 saturated carbocycles. The van der Waals surface area contributed by atoms with E-state index < -0.39 is 10.0 Å². The number of amides is 1. The topological polar surface area (TPSA) is 66.5 Å². The second-order valence-corrected chi connectivity index (χ2v) is 10.8. The van der Waals surface area contributed by atoms with Crippen molar-refractivity contribution >= 4 is 33.2 Å². The van der Waals surface area contributed by atoms with Crippen molar-refractivity contribution in [1.82, 2.24) is 5.32 Å². The van der Waals surface area contributed by atoms with Crippen LogP contribution < -0.4 is 9.62 Å². The Kier molecular flexibility index (Phi) is 7.50. The molecule has 0 fully saturated rings. The molecule has 7 heteroatoms. The molecule has 1 amide bonds. The molecule has 0 radical (unpaired) electrons. The molecule has 0 aliphatic carbocycles. The van der Waals surface area contributed by atoms with Gasteiger partial charge in [0.2, 0.25) is 10.0 Å². The zero-order valence-electron chi connectivity index (χ0n) is 19.5. The van der Waals surface area contributed by atoms with E-state index in [1.807, 2.05) is 13.8 Å². The van der Waals surface area contributed by atoms with Crippen molar-refractivity contribution in [2.75, 3.05) is 10.6 Å². The molecule has 3 rings (SSSR count). The fourth-order valence-corrected chi connectivity index (χ4v) is 4.83. The zero-order chi connectivity index (χ0) is 24.3. The normalized spacial score (nSPS) is 12.3. The fraction of sp³-hybridized carbons (Fsp3) is 0.269. The molecule has 0 bridgehead atoms. The zero-order valence-corrected chi connectivity index (χ0v) is 21.1. The first-order valence-electron chi connectivity index (χ1n) is 10.7. The van der Waals surface area contributed by atoms with E-state index in [0.717, 1.165) is 22.9 Å². The van der Waals surface area contributed by atoms with Gasteiger partial charge in [-0.1, -0.05) is 41.9 Å². The molecule has 5 nitrogen and oxygen atoms in total. The molecule has 3 aromatic carbocycles. The van der Waals surface area contributed by atoms with E-state index in [-0.39, 0.29) is 18.5 Å². The standard InChI is InChI=1S/C26H29ClN2O3S/c1-17-13-19(3)25(14-18(17)2)20(4)28-26(30)22-11-9-21(10-12-22)16-29(33(5,31)32)24-8-6-7-23(27)15-24/h6-15,20H,16H2,1-5H3,(H,28,30)/t20-/m1/s1. The van der Waals surface area contributed by atoms with E-state index in [0.29, 0.717) is 16.3 Å². The van der Waals surface area contributed by atoms with Crippen LogP contribution in [-0.2, 0) is 16.6 Å². The van der Waals surface area contributed by atoms with Gasteiger partial charge in [-0.3, -0.25) is 9.10 Å². The summed E-state index contributed by atoms with van der Waals surface area (Å²) in [7, 11) is -3.52. The predicted octanol–water partition coefficient (Wildman–Crippen LogP) is 5.72. The lowest BCUT2D eigenvalue weighted by atomic mass is 9.96. The highest BCUT2D eigenvalue weighted by Crippen LogP contribution is 2.25. The Bertz CT molecular complexity index is 1270. The van der Waals surface area contributed by atoms with E-state index in [1.165, 1.54) is 15.4 Å². The van der Waals surface area contributed by atoms with E-state index >= 15 is 0 Å². The number of hydrogen-bond acceptors (Lipinski definition) is 3. The van der Waals surface area contributed by atoms with Gasteiger partial charge in [-0.15, -0.1) is 0 Å². The number of aryl methyl sites for hydroxylation is 3. The number of sulfonamides is 1. The van der Waals surface area contributed by atoms with Gasteiger partial charge in [-0.2, -0.15) is 0 Å². The lowest BCUT2D eigenvalue weighted by Gasteiger charge is -2.23. The summed E-state index contributed by atoms with van der Waals surface area (Å²) in [6.07, 6.45) is 1.16. The van der Waals surface area contributed by atoms with Crippen LogP contribution >= 0.6 is 11.6 Å². The van der Waals surface area contributed by atoms with E-state index in [1.54, 1.807) is 48.5 Å². The maximum Gasteiger partial charge on any atom is 0.251 e. The van der Waals surface area contributed by atoms with Crippen LogP contribution in [0.4, 0.5) is 5.69 Å². The van der Waals surface area contributed by atoms with Gasteiger partial charge in [0.15, 0.2) is 0 Å². The molecule has 174 valence electrons. The van der Waals surface area contributed by atoms with Gasteiger partial charge in [0.25, 0.3) is 5.91 Å². The number of benzene rings is 3. The predicted molar refractivity (Wildman–Crippen MR) is 135 cm³/mol. The number of nitrogens with one attached hydrogen (secondary N) is 1. The summed E-state index contributed by atoms with van der Waals surface area (Å²) in [5.41, 5.74) is 6.42. The van der Waals surface area contributed by atoms with Gasteiger partial charge in [0, 0.05) is 10.6 Å². The third-order valence-corrected chi connectivity index (χ3v) is 7.11. The van der Waals surface area contributed by atoms with Crippen molar-refractivity contribution in [2.45, 2.75) is 40.3 Å². The summed E-state index contributed by atoms with van der Waals surface area (Å²) < 4.78 is 26.0. The van der Waals surface area contributed by atoms with Gasteiger partial charge >= 0.3 is 0 Å². The molecule has 0 heterocycles. The van der Waals surface area contributed by atoms with Crippen LogP contribution in [0.3, 0.4) is 0 Å². The number of rotatable bonds is 7.